The fraction of sp³-hybridized carbons (Fsp3) is 1.00. The Bertz CT molecular complexity index is 2110. The van der Waals surface area contributed by atoms with Gasteiger partial charge in [0.2, 0.25) is 0 Å². The summed E-state index contributed by atoms with van der Waals surface area (Å²) in [5.41, 5.74) is 12.7. The van der Waals surface area contributed by atoms with Crippen molar-refractivity contribution in [1.29, 1.82) is 0 Å². The van der Waals surface area contributed by atoms with Gasteiger partial charge in [0, 0.05) is 75.5 Å². The maximum Gasteiger partial charge on any atom is 0.0594 e. The second kappa shape index (κ2) is 98.4. The minimum atomic E-state index is 0.292. The summed E-state index contributed by atoms with van der Waals surface area (Å²) in [5, 5.41) is 9.50. The van der Waals surface area contributed by atoms with Crippen LogP contribution in [-0.2, 0) is 4.74 Å². The van der Waals surface area contributed by atoms with Gasteiger partial charge in [0.1, 0.15) is 0 Å². The topological polar surface area (TPSA) is 127 Å². The second-order valence-electron chi connectivity index (χ2n) is 51.2. The lowest BCUT2D eigenvalue weighted by Gasteiger charge is -2.36. The Labute approximate surface area is 856 Å². The number of ether oxygens (including phenoxy) is 1. The van der Waals surface area contributed by atoms with E-state index in [4.69, 9.17) is 16.2 Å². The predicted octanol–water partition coefficient (Wildman–Crippen LogP) is 28.8. The molecule has 4 atom stereocenters. The van der Waals surface area contributed by atoms with Crippen molar-refractivity contribution in [3.8, 4) is 0 Å². The third-order valence-corrected chi connectivity index (χ3v) is 29.1. The summed E-state index contributed by atoms with van der Waals surface area (Å²) in [5.74, 6) is 15.1. The van der Waals surface area contributed by atoms with Crippen molar-refractivity contribution in [1.82, 2.24) is 60.0 Å². The Morgan fingerprint density at radius 2 is 0.709 bits per heavy atom. The number of nitrogens with one attached hydrogen (secondary N) is 3. The van der Waals surface area contributed by atoms with E-state index in [1.54, 1.807) is 0 Å². The fourth-order valence-corrected chi connectivity index (χ4v) is 9.88. The Kier molecular flexibility index (Phi) is 118. The number of likely N-dealkylation sites (N-methyl/N-ethyl adjacent to an activating group) is 1. The van der Waals surface area contributed by atoms with Gasteiger partial charge in [-0.15, -0.1) is 0 Å². The first kappa shape index (κ1) is 161. The van der Waals surface area contributed by atoms with Gasteiger partial charge < -0.3 is 71.4 Å². The SMILES string of the molecule is CC(C)C(C)(C)C.CC(C)C(C)(C)CN(C)C.CC(C)C(C)(C)N(C)C.CC(C)C(C)C.CC(C)C(C)CN.CC(C)C(C)CN(C)C.CC(C)C(C)N(C)C.CC(C)CCN.CC(C)CCN(C)C.CC(C)CCN1CCCCC1.CC(C)CCN1CCN(C)CC1.CC(C)CCN1CCOCC1.CCC(C)(C)C(C)C.CNC(C)(C)C(C)C.CNC(C)C(C)C.CNCCC(C)C. The number of nitrogens with zero attached hydrogens (tertiary/aromatic N) is 9. The monoisotopic (exact) mass is 1920 g/mol. The van der Waals surface area contributed by atoms with E-state index < -0.39 is 0 Å². The molecule has 3 saturated heterocycles. The summed E-state index contributed by atoms with van der Waals surface area (Å²) in [4.78, 5) is 21.3. The molecule has 15 nitrogen and oxygen atoms in total. The molecule has 15 heteroatoms. The van der Waals surface area contributed by atoms with Crippen LogP contribution in [0.15, 0.2) is 0 Å². The van der Waals surface area contributed by atoms with E-state index in [-0.39, 0.29) is 0 Å². The van der Waals surface area contributed by atoms with Gasteiger partial charge in [-0.25, -0.2) is 0 Å². The maximum atomic E-state index is 5.37. The van der Waals surface area contributed by atoms with Gasteiger partial charge in [0.05, 0.1) is 13.2 Å². The zero-order valence-corrected chi connectivity index (χ0v) is 106. The number of nitrogens with two attached hydrogens (primary N) is 2. The highest BCUT2D eigenvalue weighted by atomic mass is 16.5. The zero-order chi connectivity index (χ0) is 109. The van der Waals surface area contributed by atoms with Gasteiger partial charge in [-0.3, -0.25) is 4.90 Å². The molecule has 3 rings (SSSR count). The molecule has 0 aromatic carbocycles. The summed E-state index contributed by atoms with van der Waals surface area (Å²) in [6.45, 7) is 135. The first-order chi connectivity index (χ1) is 60.7. The molecule has 4 unspecified atom stereocenters. The molecular weight excluding hydrogens is 1640 g/mol. The molecule has 7 N–H and O–H groups in total. The zero-order valence-electron chi connectivity index (χ0n) is 106. The van der Waals surface area contributed by atoms with Crippen LogP contribution in [0.3, 0.4) is 0 Å². The average Bonchev–Trinajstić information content (AvgIpc) is 0.924. The standard InChI is InChI=1S/C10H22N2.C10H21N.C9H19NO.C9H21N.2C8H19N.C8H18.3C7H17N.C7H16.3C6H15N.C6H14.C5H13N/c1-10(2)4-5-12-8-6-11(3)7-9-12;1-10(2)6-9-11-7-4-3-5-8-11;1-9(2)3-4-10-5-7-11-8-6-10;1-8(2)9(3,4)7-10(5)6;1-7(2)8(3)6-9(4)5;1-7(2)8(3,4)9(5)6;1-6-8(4,5)7(2)3;1-7(2)5-6-8(3)4;1-6(2)7(3)8(4)5;1-6(2)7(3,4)8-5;1-6(2)7(3,4)5;1-6(2)4-5-7-3;1-5(2)6(3)7-4;1-5(2)6(3)4-7;1-5(2)6(3)4;1-5(2)3-4-6/h10H,4-9H2,1-3H3;10H,3-9H2,1-2H3;9H,3-8H2,1-2H3;8H,7H2,1-6H3;7-8H,6H2,1-5H3;7H,1-6H3;7H,6H2,1-5H3;7H,5-6H2,1-4H3;6-7H,1-5H3;6,8H,1-5H3;6H,1-5H3;6-7H,4-5H2,1-3H3;5-7H,1-4H3;5-6H,4,7H2,1-3H3;5-6H,1-4H3;5H,3-4,6H2,1-2H3. The van der Waals surface area contributed by atoms with E-state index in [1.165, 1.54) is 136 Å². The van der Waals surface area contributed by atoms with Gasteiger partial charge in [-0.05, 0) is 379 Å². The molecule has 0 radical (unpaired) electrons. The molecule has 3 aliphatic heterocycles. The predicted molar refractivity (Wildman–Crippen MR) is 627 cm³/mol. The van der Waals surface area contributed by atoms with E-state index >= 15 is 0 Å². The van der Waals surface area contributed by atoms with Gasteiger partial charge in [-0.2, -0.15) is 0 Å². The molecule has 134 heavy (non-hydrogen) atoms. The quantitative estimate of drug-likeness (QED) is 0.0408. The molecule has 3 heterocycles. The average molecular weight is 1920 g/mol. The minimum Gasteiger partial charge on any atom is -0.379 e. The van der Waals surface area contributed by atoms with Crippen LogP contribution in [0.4, 0.5) is 0 Å². The van der Waals surface area contributed by atoms with Gasteiger partial charge in [-0.1, -0.05) is 317 Å². The van der Waals surface area contributed by atoms with E-state index in [0.29, 0.717) is 57.2 Å². The molecule has 3 aliphatic rings. The van der Waals surface area contributed by atoms with E-state index in [2.05, 4.69) is 484 Å². The van der Waals surface area contributed by atoms with Crippen LogP contribution >= 0.6 is 0 Å². The molecule has 0 aromatic heterocycles. The molecule has 0 aromatic rings. The number of hydrogen-bond acceptors (Lipinski definition) is 15. The highest BCUT2D eigenvalue weighted by Gasteiger charge is 2.26. The van der Waals surface area contributed by atoms with Crippen LogP contribution in [0.25, 0.3) is 0 Å². The van der Waals surface area contributed by atoms with Gasteiger partial charge in [0.25, 0.3) is 0 Å². The van der Waals surface area contributed by atoms with Gasteiger partial charge in [0.15, 0.2) is 0 Å². The third kappa shape index (κ3) is 129. The number of piperazine rings is 1. The van der Waals surface area contributed by atoms with Crippen molar-refractivity contribution in [2.45, 2.75) is 434 Å². The highest BCUT2D eigenvalue weighted by molar-refractivity contribution is 4.81. The van der Waals surface area contributed by atoms with Crippen molar-refractivity contribution >= 4 is 0 Å². The lowest BCUT2D eigenvalue weighted by molar-refractivity contribution is 0.0360. The van der Waals surface area contributed by atoms with E-state index in [9.17, 15) is 0 Å². The van der Waals surface area contributed by atoms with Crippen LogP contribution < -0.4 is 27.4 Å². The van der Waals surface area contributed by atoms with Crippen LogP contribution in [0.2, 0.25) is 0 Å². The maximum absolute atomic E-state index is 5.37. The van der Waals surface area contributed by atoms with Gasteiger partial charge >= 0.3 is 0 Å². The molecule has 0 saturated carbocycles. The Balaban J connectivity index is -0.000000106. The van der Waals surface area contributed by atoms with Crippen molar-refractivity contribution in [2.24, 2.45) is 140 Å². The normalized spacial score (nSPS) is 15.1. The summed E-state index contributed by atoms with van der Waals surface area (Å²) in [6.07, 6.45) is 13.4. The summed E-state index contributed by atoms with van der Waals surface area (Å²) < 4.78 is 5.26. The smallest absolute Gasteiger partial charge is 0.0594 e. The molecule has 830 valence electrons. The number of hydrogen-bond donors (Lipinski definition) is 5. The first-order valence-electron chi connectivity index (χ1n) is 55.8. The van der Waals surface area contributed by atoms with Crippen LogP contribution in [0.5, 0.6) is 0 Å². The second-order valence-corrected chi connectivity index (χ2v) is 51.2. The Hall–Kier alpha value is -0.600. The third-order valence-electron chi connectivity index (χ3n) is 29.1. The van der Waals surface area contributed by atoms with Crippen LogP contribution in [0, 0.1) is 129 Å². The lowest BCUT2D eigenvalue weighted by Crippen LogP contribution is -2.44. The molecule has 0 bridgehead atoms. The fourth-order valence-electron chi connectivity index (χ4n) is 9.88. The Morgan fingerprint density at radius 3 is 0.843 bits per heavy atom. The van der Waals surface area contributed by atoms with E-state index in [1.807, 2.05) is 21.1 Å². The van der Waals surface area contributed by atoms with Crippen molar-refractivity contribution < 1.29 is 4.74 Å². The number of likely N-dealkylation sites (tertiary alicyclic amines) is 1. The van der Waals surface area contributed by atoms with Crippen LogP contribution in [0.1, 0.15) is 410 Å². The largest absolute Gasteiger partial charge is 0.379 e. The molecular formula is C119H278N14O. The van der Waals surface area contributed by atoms with E-state index in [0.717, 1.165) is 147 Å². The lowest BCUT2D eigenvalue weighted by atomic mass is 9.79. The summed E-state index contributed by atoms with van der Waals surface area (Å²) >= 11 is 0. The molecule has 0 amide bonds. The number of piperidine rings is 1. The molecule has 3 fully saturated rings. The summed E-state index contributed by atoms with van der Waals surface area (Å²) in [6, 6.07) is 1.36. The number of rotatable bonds is 36. The first-order valence-corrected chi connectivity index (χ1v) is 55.8. The highest BCUT2D eigenvalue weighted by Crippen LogP contribution is 2.30. The van der Waals surface area contributed by atoms with Crippen molar-refractivity contribution in [3.05, 3.63) is 0 Å². The summed E-state index contributed by atoms with van der Waals surface area (Å²) in [7, 11) is 29.4. The van der Waals surface area contributed by atoms with Crippen LogP contribution in [-0.4, -0.2) is 290 Å². The minimum absolute atomic E-state index is 0.292. The van der Waals surface area contributed by atoms with Crippen molar-refractivity contribution in [2.75, 3.05) is 223 Å². The molecule has 0 aliphatic carbocycles. The Morgan fingerprint density at radius 1 is 0.358 bits per heavy atom. The number of morpholine rings is 1. The molecule has 0 spiro atoms. The van der Waals surface area contributed by atoms with Crippen molar-refractivity contribution in [3.63, 3.8) is 0 Å².